The number of carboxylic acid groups (broad SMARTS) is 1. The van der Waals surface area contributed by atoms with Crippen LogP contribution in [0.4, 0.5) is 5.82 Å². The minimum atomic E-state index is -3.45. The molecule has 0 aliphatic carbocycles. The summed E-state index contributed by atoms with van der Waals surface area (Å²) in [6.07, 6.45) is 2.47. The standard InChI is InChI=1S/C19H24N4O5S/c1-22(2)29(26,27)15-6-3-14(4-7-15)5-8-17-20-13-16(19(24)25)18(21-17)23-9-11-28-12-10-23/h3-4,6-7,13H,5,8-12H2,1-2H3,(H,24,25). The Hall–Kier alpha value is -2.56. The first-order valence-corrected chi connectivity index (χ1v) is 10.7. The molecule has 0 saturated carbocycles. The lowest BCUT2D eigenvalue weighted by molar-refractivity contribution is 0.0695. The molecule has 0 amide bonds. The third-order valence-corrected chi connectivity index (χ3v) is 6.53. The molecule has 1 saturated heterocycles. The van der Waals surface area contributed by atoms with Gasteiger partial charge in [0.05, 0.1) is 18.1 Å². The maximum atomic E-state index is 12.1. The molecule has 1 aromatic carbocycles. The zero-order valence-electron chi connectivity index (χ0n) is 16.4. The van der Waals surface area contributed by atoms with Gasteiger partial charge in [-0.15, -0.1) is 0 Å². The van der Waals surface area contributed by atoms with Crippen molar-refractivity contribution < 1.29 is 23.1 Å². The van der Waals surface area contributed by atoms with Gasteiger partial charge in [-0.05, 0) is 24.1 Å². The average molecular weight is 420 g/mol. The number of nitrogens with zero attached hydrogens (tertiary/aromatic N) is 4. The van der Waals surface area contributed by atoms with Gasteiger partial charge < -0.3 is 14.7 Å². The van der Waals surface area contributed by atoms with Crippen LogP contribution in [0.5, 0.6) is 0 Å². The average Bonchev–Trinajstić information content (AvgIpc) is 2.72. The van der Waals surface area contributed by atoms with Crippen LogP contribution < -0.4 is 4.90 Å². The van der Waals surface area contributed by atoms with Gasteiger partial charge in [-0.3, -0.25) is 0 Å². The van der Waals surface area contributed by atoms with Crippen LogP contribution in [-0.2, 0) is 27.6 Å². The van der Waals surface area contributed by atoms with Gasteiger partial charge in [0.15, 0.2) is 0 Å². The van der Waals surface area contributed by atoms with Crippen molar-refractivity contribution in [1.82, 2.24) is 14.3 Å². The van der Waals surface area contributed by atoms with Gasteiger partial charge >= 0.3 is 5.97 Å². The number of aryl methyl sites for hydroxylation is 2. The van der Waals surface area contributed by atoms with E-state index in [1.807, 2.05) is 4.90 Å². The molecule has 10 heteroatoms. The first-order chi connectivity index (χ1) is 13.8. The van der Waals surface area contributed by atoms with E-state index in [1.54, 1.807) is 24.3 Å². The van der Waals surface area contributed by atoms with Crippen LogP contribution in [0.15, 0.2) is 35.4 Å². The van der Waals surface area contributed by atoms with Crippen molar-refractivity contribution in [3.05, 3.63) is 47.4 Å². The van der Waals surface area contributed by atoms with E-state index in [1.165, 1.54) is 24.6 Å². The quantitative estimate of drug-likeness (QED) is 0.707. The molecular weight excluding hydrogens is 396 g/mol. The molecule has 1 aromatic heterocycles. The second-order valence-corrected chi connectivity index (χ2v) is 9.01. The molecule has 1 N–H and O–H groups in total. The SMILES string of the molecule is CN(C)S(=O)(=O)c1ccc(CCc2ncc(C(=O)O)c(N3CCOCC3)n2)cc1. The second-order valence-electron chi connectivity index (χ2n) is 6.86. The third kappa shape index (κ3) is 4.89. The number of carboxylic acids is 1. The zero-order valence-corrected chi connectivity index (χ0v) is 17.2. The highest BCUT2D eigenvalue weighted by Gasteiger charge is 2.21. The minimum Gasteiger partial charge on any atom is -0.477 e. The lowest BCUT2D eigenvalue weighted by Gasteiger charge is -2.28. The van der Waals surface area contributed by atoms with Crippen LogP contribution in [0.25, 0.3) is 0 Å². The Morgan fingerprint density at radius 3 is 2.41 bits per heavy atom. The summed E-state index contributed by atoms with van der Waals surface area (Å²) in [5.41, 5.74) is 1.02. The molecular formula is C19H24N4O5S. The summed E-state index contributed by atoms with van der Waals surface area (Å²) in [7, 11) is -0.468. The molecule has 0 atom stereocenters. The largest absolute Gasteiger partial charge is 0.477 e. The van der Waals surface area contributed by atoms with Crippen molar-refractivity contribution in [3.63, 3.8) is 0 Å². The smallest absolute Gasteiger partial charge is 0.341 e. The Bertz CT molecular complexity index is 971. The fraction of sp³-hybridized carbons (Fsp3) is 0.421. The van der Waals surface area contributed by atoms with E-state index in [-0.39, 0.29) is 10.5 Å². The zero-order chi connectivity index (χ0) is 21.0. The number of carbonyl (C=O) groups is 1. The fourth-order valence-electron chi connectivity index (χ4n) is 2.99. The highest BCUT2D eigenvalue weighted by Crippen LogP contribution is 2.20. The monoisotopic (exact) mass is 420 g/mol. The molecule has 3 rings (SSSR count). The normalized spacial score (nSPS) is 14.9. The number of ether oxygens (including phenoxy) is 1. The first kappa shape index (κ1) is 21.2. The van der Waals surface area contributed by atoms with Crippen LogP contribution in [-0.4, -0.2) is 74.2 Å². The number of hydrogen-bond acceptors (Lipinski definition) is 7. The molecule has 29 heavy (non-hydrogen) atoms. The lowest BCUT2D eigenvalue weighted by Crippen LogP contribution is -2.38. The summed E-state index contributed by atoms with van der Waals surface area (Å²) in [5.74, 6) is -0.101. The summed E-state index contributed by atoms with van der Waals surface area (Å²) in [4.78, 5) is 22.4. The molecule has 1 aliphatic heterocycles. The Morgan fingerprint density at radius 1 is 1.17 bits per heavy atom. The Morgan fingerprint density at radius 2 is 1.83 bits per heavy atom. The maximum absolute atomic E-state index is 12.1. The van der Waals surface area contributed by atoms with Crippen molar-refractivity contribution >= 4 is 21.8 Å². The summed E-state index contributed by atoms with van der Waals surface area (Å²) in [6, 6.07) is 6.70. The Balaban J connectivity index is 1.74. The first-order valence-electron chi connectivity index (χ1n) is 9.22. The van der Waals surface area contributed by atoms with E-state index >= 15 is 0 Å². The van der Waals surface area contributed by atoms with E-state index < -0.39 is 16.0 Å². The lowest BCUT2D eigenvalue weighted by atomic mass is 10.1. The van der Waals surface area contributed by atoms with Crippen LogP contribution in [0, 0.1) is 0 Å². The number of sulfonamides is 1. The Labute approximate surface area is 170 Å². The van der Waals surface area contributed by atoms with E-state index in [2.05, 4.69) is 9.97 Å². The minimum absolute atomic E-state index is 0.0777. The molecule has 0 unspecified atom stereocenters. The second kappa shape index (κ2) is 8.85. The molecule has 156 valence electrons. The van der Waals surface area contributed by atoms with Gasteiger partial charge in [-0.2, -0.15) is 0 Å². The molecule has 0 spiro atoms. The van der Waals surface area contributed by atoms with Crippen LogP contribution in [0.1, 0.15) is 21.7 Å². The fourth-order valence-corrected chi connectivity index (χ4v) is 3.89. The number of anilines is 1. The highest BCUT2D eigenvalue weighted by atomic mass is 32.2. The van der Waals surface area contributed by atoms with Gasteiger partial charge in [0.25, 0.3) is 0 Å². The number of aromatic carboxylic acids is 1. The molecule has 2 heterocycles. The predicted molar refractivity (Wildman–Crippen MR) is 107 cm³/mol. The summed E-state index contributed by atoms with van der Waals surface area (Å²) < 4.78 is 30.8. The number of aromatic nitrogens is 2. The van der Waals surface area contributed by atoms with Gasteiger partial charge in [-0.25, -0.2) is 27.5 Å². The molecule has 9 nitrogen and oxygen atoms in total. The number of benzene rings is 1. The highest BCUT2D eigenvalue weighted by molar-refractivity contribution is 7.89. The summed E-state index contributed by atoms with van der Waals surface area (Å²) >= 11 is 0. The predicted octanol–water partition coefficient (Wildman–Crippen LogP) is 1.05. The van der Waals surface area contributed by atoms with E-state index in [9.17, 15) is 18.3 Å². The topological polar surface area (TPSA) is 113 Å². The van der Waals surface area contributed by atoms with Crippen molar-refractivity contribution in [1.29, 1.82) is 0 Å². The molecule has 2 aromatic rings. The number of morpholine rings is 1. The van der Waals surface area contributed by atoms with E-state index in [4.69, 9.17) is 4.74 Å². The molecule has 0 radical (unpaired) electrons. The van der Waals surface area contributed by atoms with Crippen molar-refractivity contribution in [2.75, 3.05) is 45.3 Å². The number of rotatable bonds is 7. The van der Waals surface area contributed by atoms with Crippen LogP contribution >= 0.6 is 0 Å². The van der Waals surface area contributed by atoms with Crippen molar-refractivity contribution in [3.8, 4) is 0 Å². The third-order valence-electron chi connectivity index (χ3n) is 4.70. The van der Waals surface area contributed by atoms with Crippen molar-refractivity contribution in [2.24, 2.45) is 0 Å². The maximum Gasteiger partial charge on any atom is 0.341 e. The van der Waals surface area contributed by atoms with Crippen LogP contribution in [0.3, 0.4) is 0 Å². The van der Waals surface area contributed by atoms with Gasteiger partial charge in [0, 0.05) is 39.8 Å². The summed E-state index contributed by atoms with van der Waals surface area (Å²) in [6.45, 7) is 2.22. The molecule has 0 bridgehead atoms. The number of hydrogen-bond donors (Lipinski definition) is 1. The summed E-state index contributed by atoms with van der Waals surface area (Å²) in [5, 5.41) is 9.44. The van der Waals surface area contributed by atoms with Crippen LogP contribution in [0.2, 0.25) is 0 Å². The molecule has 1 fully saturated rings. The Kier molecular flexibility index (Phi) is 6.46. The van der Waals surface area contributed by atoms with E-state index in [0.717, 1.165) is 5.56 Å². The van der Waals surface area contributed by atoms with Crippen molar-refractivity contribution in [2.45, 2.75) is 17.7 Å². The van der Waals surface area contributed by atoms with Gasteiger partial charge in [0.2, 0.25) is 10.0 Å². The van der Waals surface area contributed by atoms with Gasteiger partial charge in [0.1, 0.15) is 17.2 Å². The van der Waals surface area contributed by atoms with Gasteiger partial charge in [-0.1, -0.05) is 12.1 Å². The molecule has 1 aliphatic rings. The van der Waals surface area contributed by atoms with E-state index in [0.29, 0.717) is 50.8 Å².